The summed E-state index contributed by atoms with van der Waals surface area (Å²) in [4.78, 5) is 20.9. The Bertz CT molecular complexity index is 791. The number of carbonyl (C=O) groups excluding carboxylic acids is 1. The van der Waals surface area contributed by atoms with Crippen LogP contribution in [0.25, 0.3) is 11.0 Å². The van der Waals surface area contributed by atoms with Crippen molar-refractivity contribution in [3.8, 4) is 0 Å². The number of guanidine groups is 1. The number of aromatic nitrogens is 2. The summed E-state index contributed by atoms with van der Waals surface area (Å²) in [7, 11) is 1.99. The van der Waals surface area contributed by atoms with Crippen LogP contribution in [0.3, 0.4) is 0 Å². The van der Waals surface area contributed by atoms with Crippen LogP contribution in [0, 0.1) is 0 Å². The van der Waals surface area contributed by atoms with Crippen molar-refractivity contribution in [3.05, 3.63) is 30.1 Å². The summed E-state index contributed by atoms with van der Waals surface area (Å²) in [5, 5.41) is 9.10. The molecule has 0 aliphatic heterocycles. The average Bonchev–Trinajstić information content (AvgIpc) is 2.91. The van der Waals surface area contributed by atoms with E-state index in [1.54, 1.807) is 0 Å². The Morgan fingerprint density at radius 3 is 2.56 bits per heavy atom. The zero-order valence-corrected chi connectivity index (χ0v) is 16.8. The number of nitrogens with zero attached hydrogens (tertiary/aromatic N) is 3. The first-order chi connectivity index (χ1) is 12.8. The number of benzene rings is 1. The van der Waals surface area contributed by atoms with E-state index in [-0.39, 0.29) is 0 Å². The van der Waals surface area contributed by atoms with Crippen molar-refractivity contribution in [2.75, 3.05) is 19.6 Å². The summed E-state index contributed by atoms with van der Waals surface area (Å²) in [6, 6.07) is 8.02. The number of fused-ring (bicyclic) bond motifs is 1. The molecule has 1 heterocycles. The molecular formula is C19H30N6O2. The molecule has 0 bridgehead atoms. The summed E-state index contributed by atoms with van der Waals surface area (Å²) < 4.78 is 7.25. The lowest BCUT2D eigenvalue weighted by molar-refractivity contribution is 0.0529. The molecule has 0 saturated carbocycles. The third-order valence-electron chi connectivity index (χ3n) is 3.69. The second-order valence-corrected chi connectivity index (χ2v) is 7.13. The minimum atomic E-state index is -0.500. The van der Waals surface area contributed by atoms with E-state index in [4.69, 9.17) is 4.74 Å². The Kier molecular flexibility index (Phi) is 7.04. The van der Waals surface area contributed by atoms with Gasteiger partial charge in [0, 0.05) is 26.7 Å². The van der Waals surface area contributed by atoms with Crippen LogP contribution in [0.4, 0.5) is 4.79 Å². The SMILES string of the molecule is CCNC(=NCc1nc2ccccc2n1C)NCCNC(=O)OC(C)(C)C. The maximum absolute atomic E-state index is 11.6. The zero-order chi connectivity index (χ0) is 19.9. The number of alkyl carbamates (subject to hydrolysis) is 1. The normalized spacial score (nSPS) is 12.1. The van der Waals surface area contributed by atoms with E-state index >= 15 is 0 Å². The number of amides is 1. The smallest absolute Gasteiger partial charge is 0.407 e. The number of para-hydroxylation sites is 2. The number of hydrogen-bond donors (Lipinski definition) is 3. The van der Waals surface area contributed by atoms with Crippen LogP contribution in [0.1, 0.15) is 33.5 Å². The molecule has 2 aromatic rings. The number of ether oxygens (including phenoxy) is 1. The summed E-state index contributed by atoms with van der Waals surface area (Å²) in [6.45, 7) is 9.68. The molecule has 3 N–H and O–H groups in total. The van der Waals surface area contributed by atoms with Gasteiger partial charge in [0.25, 0.3) is 0 Å². The summed E-state index contributed by atoms with van der Waals surface area (Å²) in [5.41, 5.74) is 1.55. The van der Waals surface area contributed by atoms with E-state index in [0.29, 0.717) is 25.6 Å². The summed E-state index contributed by atoms with van der Waals surface area (Å²) in [6.07, 6.45) is -0.425. The van der Waals surface area contributed by atoms with E-state index in [2.05, 4.69) is 25.9 Å². The predicted octanol–water partition coefficient (Wildman–Crippen LogP) is 2.15. The van der Waals surface area contributed by atoms with Crippen LogP contribution in [0.5, 0.6) is 0 Å². The molecular weight excluding hydrogens is 344 g/mol. The van der Waals surface area contributed by atoms with E-state index < -0.39 is 11.7 Å². The van der Waals surface area contributed by atoms with Gasteiger partial charge in [-0.3, -0.25) is 0 Å². The first kappa shape index (κ1) is 20.5. The zero-order valence-electron chi connectivity index (χ0n) is 16.8. The molecule has 0 spiro atoms. The van der Waals surface area contributed by atoms with Gasteiger partial charge in [-0.05, 0) is 39.8 Å². The van der Waals surface area contributed by atoms with E-state index in [0.717, 1.165) is 23.4 Å². The van der Waals surface area contributed by atoms with Crippen molar-refractivity contribution in [2.24, 2.45) is 12.0 Å². The number of hydrogen-bond acceptors (Lipinski definition) is 4. The Labute approximate surface area is 160 Å². The quantitative estimate of drug-likeness (QED) is 0.409. The summed E-state index contributed by atoms with van der Waals surface area (Å²) in [5.74, 6) is 1.57. The van der Waals surface area contributed by atoms with Crippen molar-refractivity contribution in [1.82, 2.24) is 25.5 Å². The van der Waals surface area contributed by atoms with Gasteiger partial charge in [0.15, 0.2) is 5.96 Å². The van der Waals surface area contributed by atoms with Crippen LogP contribution in [-0.2, 0) is 18.3 Å². The maximum atomic E-state index is 11.6. The van der Waals surface area contributed by atoms with Gasteiger partial charge in [-0.1, -0.05) is 12.1 Å². The number of carbonyl (C=O) groups is 1. The summed E-state index contributed by atoms with van der Waals surface area (Å²) >= 11 is 0. The molecule has 2 rings (SSSR count). The molecule has 0 aliphatic rings. The lowest BCUT2D eigenvalue weighted by Crippen LogP contribution is -2.42. The lowest BCUT2D eigenvalue weighted by atomic mass is 10.2. The third kappa shape index (κ3) is 6.47. The fourth-order valence-corrected chi connectivity index (χ4v) is 2.49. The Balaban J connectivity index is 1.88. The standard InChI is InChI=1S/C19H30N6O2/c1-6-20-17(21-11-12-22-18(26)27-19(2,3)4)23-13-16-24-14-9-7-8-10-15(14)25(16)5/h7-10H,6,11-13H2,1-5H3,(H,22,26)(H2,20,21,23). The molecule has 1 amide bonds. The van der Waals surface area contributed by atoms with Gasteiger partial charge < -0.3 is 25.3 Å². The van der Waals surface area contributed by atoms with Gasteiger partial charge in [-0.25, -0.2) is 14.8 Å². The molecule has 0 unspecified atom stereocenters. The van der Waals surface area contributed by atoms with E-state index in [9.17, 15) is 4.79 Å². The van der Waals surface area contributed by atoms with Crippen molar-refractivity contribution >= 4 is 23.1 Å². The lowest BCUT2D eigenvalue weighted by Gasteiger charge is -2.19. The van der Waals surface area contributed by atoms with Crippen molar-refractivity contribution in [2.45, 2.75) is 39.8 Å². The Morgan fingerprint density at radius 2 is 1.89 bits per heavy atom. The molecule has 1 aromatic carbocycles. The van der Waals surface area contributed by atoms with Crippen molar-refractivity contribution < 1.29 is 9.53 Å². The van der Waals surface area contributed by atoms with Gasteiger partial charge in [0.1, 0.15) is 18.0 Å². The molecule has 8 nitrogen and oxygen atoms in total. The number of nitrogens with one attached hydrogen (secondary N) is 3. The first-order valence-electron chi connectivity index (χ1n) is 9.19. The van der Waals surface area contributed by atoms with E-state index in [1.165, 1.54) is 0 Å². The second kappa shape index (κ2) is 9.25. The fourth-order valence-electron chi connectivity index (χ4n) is 2.49. The van der Waals surface area contributed by atoms with Gasteiger partial charge in [0.05, 0.1) is 11.0 Å². The Hall–Kier alpha value is -2.77. The number of aliphatic imine (C=N–C) groups is 1. The van der Waals surface area contributed by atoms with Gasteiger partial charge in [-0.2, -0.15) is 0 Å². The fraction of sp³-hybridized carbons (Fsp3) is 0.526. The molecule has 0 aliphatic carbocycles. The van der Waals surface area contributed by atoms with Crippen LogP contribution >= 0.6 is 0 Å². The molecule has 1 aromatic heterocycles. The Morgan fingerprint density at radius 1 is 1.19 bits per heavy atom. The van der Waals surface area contributed by atoms with Crippen LogP contribution in [0.2, 0.25) is 0 Å². The highest BCUT2D eigenvalue weighted by Gasteiger charge is 2.15. The number of imidazole rings is 1. The molecule has 8 heteroatoms. The molecule has 27 heavy (non-hydrogen) atoms. The molecule has 0 radical (unpaired) electrons. The number of aryl methyl sites for hydroxylation is 1. The van der Waals surface area contributed by atoms with Crippen LogP contribution < -0.4 is 16.0 Å². The average molecular weight is 374 g/mol. The second-order valence-electron chi connectivity index (χ2n) is 7.13. The van der Waals surface area contributed by atoms with Gasteiger partial charge in [-0.15, -0.1) is 0 Å². The minimum absolute atomic E-state index is 0.425. The van der Waals surface area contributed by atoms with Gasteiger partial charge in [0.2, 0.25) is 0 Å². The molecule has 148 valence electrons. The maximum Gasteiger partial charge on any atom is 0.407 e. The van der Waals surface area contributed by atoms with Crippen LogP contribution in [0.15, 0.2) is 29.3 Å². The monoisotopic (exact) mass is 374 g/mol. The molecule has 0 saturated heterocycles. The molecule has 0 atom stereocenters. The minimum Gasteiger partial charge on any atom is -0.444 e. The highest BCUT2D eigenvalue weighted by molar-refractivity contribution is 5.80. The predicted molar refractivity (Wildman–Crippen MR) is 108 cm³/mol. The highest BCUT2D eigenvalue weighted by atomic mass is 16.6. The topological polar surface area (TPSA) is 92.6 Å². The highest BCUT2D eigenvalue weighted by Crippen LogP contribution is 2.14. The van der Waals surface area contributed by atoms with Crippen LogP contribution in [-0.4, -0.2) is 46.8 Å². The first-order valence-corrected chi connectivity index (χ1v) is 9.19. The number of rotatable bonds is 6. The largest absolute Gasteiger partial charge is 0.444 e. The van der Waals surface area contributed by atoms with E-state index in [1.807, 2.05) is 63.6 Å². The molecule has 0 fully saturated rings. The van der Waals surface area contributed by atoms with Crippen molar-refractivity contribution in [1.29, 1.82) is 0 Å². The third-order valence-corrected chi connectivity index (χ3v) is 3.69. The van der Waals surface area contributed by atoms with Crippen molar-refractivity contribution in [3.63, 3.8) is 0 Å². The van der Waals surface area contributed by atoms with Gasteiger partial charge >= 0.3 is 6.09 Å².